The van der Waals surface area contributed by atoms with Crippen molar-refractivity contribution in [1.29, 1.82) is 0 Å². The van der Waals surface area contributed by atoms with Crippen LogP contribution >= 0.6 is 0 Å². The quantitative estimate of drug-likeness (QED) is 0.440. The highest BCUT2D eigenvalue weighted by molar-refractivity contribution is 5.96. The largest absolute Gasteiger partial charge is 0.550 e. The summed E-state index contributed by atoms with van der Waals surface area (Å²) in [5.74, 6) is -4.56. The van der Waals surface area contributed by atoms with Crippen molar-refractivity contribution in [3.05, 3.63) is 52.1 Å². The van der Waals surface area contributed by atoms with E-state index in [9.17, 15) is 29.6 Å². The van der Waals surface area contributed by atoms with Crippen molar-refractivity contribution in [2.45, 2.75) is 12.8 Å². The minimum absolute atomic E-state index is 0.00973. The summed E-state index contributed by atoms with van der Waals surface area (Å²) in [6.45, 7) is 0. The second-order valence-corrected chi connectivity index (χ2v) is 5.23. The van der Waals surface area contributed by atoms with Crippen molar-refractivity contribution < 1.29 is 24.4 Å². The average molecular weight is 332 g/mol. The van der Waals surface area contributed by atoms with Crippen molar-refractivity contribution in [2.24, 2.45) is 11.8 Å². The first-order chi connectivity index (χ1) is 11.4. The molecule has 0 heterocycles. The van der Waals surface area contributed by atoms with Crippen LogP contribution < -0.4 is 16.0 Å². The number of aliphatic carboxylic acids is 1. The molecule has 0 saturated heterocycles. The van der Waals surface area contributed by atoms with Crippen LogP contribution in [0, 0.1) is 22.0 Å². The number of amides is 2. The number of hydrazine groups is 1. The number of carboxylic acid groups (broad SMARTS) is 1. The zero-order chi connectivity index (χ0) is 17.7. The Morgan fingerprint density at radius 2 is 1.75 bits per heavy atom. The summed E-state index contributed by atoms with van der Waals surface area (Å²) < 4.78 is 0. The molecule has 0 aliphatic heterocycles. The van der Waals surface area contributed by atoms with Crippen LogP contribution in [-0.4, -0.2) is 22.7 Å². The minimum Gasteiger partial charge on any atom is -0.550 e. The summed E-state index contributed by atoms with van der Waals surface area (Å²) in [7, 11) is 0. The SMILES string of the molecule is O=C(NNC(=O)C1CC=CCC1C(=O)[O-])c1cccc([N+](=O)[O-])c1. The van der Waals surface area contributed by atoms with Gasteiger partial charge in [0, 0.05) is 29.6 Å². The third-order valence-corrected chi connectivity index (χ3v) is 3.69. The van der Waals surface area contributed by atoms with E-state index < -0.39 is 34.5 Å². The van der Waals surface area contributed by atoms with E-state index in [0.29, 0.717) is 0 Å². The smallest absolute Gasteiger partial charge is 0.270 e. The van der Waals surface area contributed by atoms with E-state index >= 15 is 0 Å². The number of carboxylic acids is 1. The Labute approximate surface area is 136 Å². The molecule has 2 unspecified atom stereocenters. The molecule has 1 aromatic carbocycles. The summed E-state index contributed by atoms with van der Waals surface area (Å²) in [5, 5.41) is 21.7. The molecule has 9 heteroatoms. The number of nitrogens with one attached hydrogen (secondary N) is 2. The molecule has 0 spiro atoms. The zero-order valence-corrected chi connectivity index (χ0v) is 12.4. The molecular weight excluding hydrogens is 318 g/mol. The van der Waals surface area contributed by atoms with Crippen LogP contribution in [0.1, 0.15) is 23.2 Å². The first-order valence-electron chi connectivity index (χ1n) is 7.10. The molecule has 2 rings (SSSR count). The predicted octanol–water partition coefficient (Wildman–Crippen LogP) is -0.312. The maximum Gasteiger partial charge on any atom is 0.270 e. The van der Waals surface area contributed by atoms with Crippen molar-refractivity contribution in [1.82, 2.24) is 10.9 Å². The fourth-order valence-electron chi connectivity index (χ4n) is 2.41. The Kier molecular flexibility index (Phi) is 5.25. The molecule has 126 valence electrons. The fourth-order valence-corrected chi connectivity index (χ4v) is 2.41. The first-order valence-corrected chi connectivity index (χ1v) is 7.10. The second-order valence-electron chi connectivity index (χ2n) is 5.23. The lowest BCUT2D eigenvalue weighted by atomic mass is 9.82. The van der Waals surface area contributed by atoms with Gasteiger partial charge in [-0.15, -0.1) is 0 Å². The molecule has 2 amide bonds. The van der Waals surface area contributed by atoms with E-state index in [1.54, 1.807) is 12.2 Å². The number of nitrogens with zero attached hydrogens (tertiary/aromatic N) is 1. The van der Waals surface area contributed by atoms with Gasteiger partial charge in [-0.1, -0.05) is 18.2 Å². The van der Waals surface area contributed by atoms with Gasteiger partial charge in [-0.2, -0.15) is 0 Å². The third-order valence-electron chi connectivity index (χ3n) is 3.69. The Balaban J connectivity index is 1.99. The van der Waals surface area contributed by atoms with E-state index in [4.69, 9.17) is 0 Å². The van der Waals surface area contributed by atoms with Gasteiger partial charge in [0.15, 0.2) is 0 Å². The van der Waals surface area contributed by atoms with Gasteiger partial charge in [-0.05, 0) is 18.9 Å². The van der Waals surface area contributed by atoms with E-state index in [0.717, 1.165) is 6.07 Å². The lowest BCUT2D eigenvalue weighted by molar-refractivity contribution is -0.384. The monoisotopic (exact) mass is 332 g/mol. The van der Waals surface area contributed by atoms with Gasteiger partial charge in [-0.25, -0.2) is 0 Å². The number of benzene rings is 1. The highest BCUT2D eigenvalue weighted by Gasteiger charge is 2.30. The Morgan fingerprint density at radius 1 is 1.08 bits per heavy atom. The molecule has 0 saturated carbocycles. The van der Waals surface area contributed by atoms with Gasteiger partial charge >= 0.3 is 0 Å². The zero-order valence-electron chi connectivity index (χ0n) is 12.4. The van der Waals surface area contributed by atoms with Crippen LogP contribution in [0.25, 0.3) is 0 Å². The number of nitro groups is 1. The maximum absolute atomic E-state index is 12.1. The first kappa shape index (κ1) is 17.1. The van der Waals surface area contributed by atoms with E-state index in [-0.39, 0.29) is 24.1 Å². The highest BCUT2D eigenvalue weighted by atomic mass is 16.6. The molecule has 0 fully saturated rings. The number of hydrogen-bond donors (Lipinski definition) is 2. The van der Waals surface area contributed by atoms with Crippen LogP contribution in [0.2, 0.25) is 0 Å². The van der Waals surface area contributed by atoms with Crippen molar-refractivity contribution >= 4 is 23.5 Å². The Morgan fingerprint density at radius 3 is 2.38 bits per heavy atom. The van der Waals surface area contributed by atoms with Crippen LogP contribution in [0.5, 0.6) is 0 Å². The topological polar surface area (TPSA) is 141 Å². The Hall–Kier alpha value is -3.23. The van der Waals surface area contributed by atoms with Crippen LogP contribution in [0.15, 0.2) is 36.4 Å². The van der Waals surface area contributed by atoms with Crippen molar-refractivity contribution in [2.75, 3.05) is 0 Å². The van der Waals surface area contributed by atoms with Gasteiger partial charge in [0.05, 0.1) is 10.8 Å². The van der Waals surface area contributed by atoms with Crippen molar-refractivity contribution in [3.63, 3.8) is 0 Å². The molecule has 0 bridgehead atoms. The predicted molar refractivity (Wildman–Crippen MR) is 79.1 cm³/mol. The second kappa shape index (κ2) is 7.36. The lowest BCUT2D eigenvalue weighted by Gasteiger charge is -2.28. The van der Waals surface area contributed by atoms with Gasteiger partial charge in [0.1, 0.15) is 0 Å². The number of allylic oxidation sites excluding steroid dienone is 2. The Bertz CT molecular complexity index is 715. The van der Waals surface area contributed by atoms with Gasteiger partial charge in [-0.3, -0.25) is 30.6 Å². The van der Waals surface area contributed by atoms with Gasteiger partial charge in [0.25, 0.3) is 11.6 Å². The van der Waals surface area contributed by atoms with E-state index in [2.05, 4.69) is 10.9 Å². The molecule has 1 aliphatic carbocycles. The summed E-state index contributed by atoms with van der Waals surface area (Å²) in [6, 6.07) is 4.98. The molecule has 24 heavy (non-hydrogen) atoms. The van der Waals surface area contributed by atoms with Crippen LogP contribution in [0.4, 0.5) is 5.69 Å². The molecule has 1 aliphatic rings. The molecule has 9 nitrogen and oxygen atoms in total. The maximum atomic E-state index is 12.1. The van der Waals surface area contributed by atoms with Crippen molar-refractivity contribution in [3.8, 4) is 0 Å². The number of non-ortho nitro benzene ring substituents is 1. The normalized spacial score (nSPS) is 19.3. The van der Waals surface area contributed by atoms with Crippen LogP contribution in [-0.2, 0) is 9.59 Å². The molecule has 0 radical (unpaired) electrons. The highest BCUT2D eigenvalue weighted by Crippen LogP contribution is 2.25. The minimum atomic E-state index is -1.33. The average Bonchev–Trinajstić information content (AvgIpc) is 2.59. The number of carbonyl (C=O) groups is 3. The van der Waals surface area contributed by atoms with E-state index in [1.165, 1.54) is 18.2 Å². The molecule has 2 atom stereocenters. The number of nitro benzene ring substituents is 1. The molecule has 0 aromatic heterocycles. The number of hydrogen-bond acceptors (Lipinski definition) is 6. The van der Waals surface area contributed by atoms with Gasteiger partial charge < -0.3 is 9.90 Å². The number of carbonyl (C=O) groups excluding carboxylic acids is 3. The van der Waals surface area contributed by atoms with Gasteiger partial charge in [0.2, 0.25) is 5.91 Å². The summed E-state index contributed by atoms with van der Waals surface area (Å²) in [6.07, 6.45) is 3.74. The molecule has 2 N–H and O–H groups in total. The molecule has 1 aromatic rings. The molecular formula is C15H14N3O6-. The van der Waals surface area contributed by atoms with E-state index in [1.807, 2.05) is 0 Å². The third kappa shape index (κ3) is 3.94. The summed E-state index contributed by atoms with van der Waals surface area (Å²) in [4.78, 5) is 45.1. The van der Waals surface area contributed by atoms with Crippen LogP contribution in [0.3, 0.4) is 0 Å². The lowest BCUT2D eigenvalue weighted by Crippen LogP contribution is -2.49. The summed E-state index contributed by atoms with van der Waals surface area (Å²) in [5.41, 5.74) is 4.00. The fraction of sp³-hybridized carbons (Fsp3) is 0.267. The number of rotatable bonds is 4. The summed E-state index contributed by atoms with van der Waals surface area (Å²) >= 11 is 0. The standard InChI is InChI=1S/C15H15N3O6/c19-13(9-4-3-5-10(8-9)18(23)24)16-17-14(20)11-6-1-2-7-12(11)15(21)22/h1-5,8,11-12H,6-7H2,(H,16,19)(H,17,20)(H,21,22)/p-1.